The summed E-state index contributed by atoms with van der Waals surface area (Å²) in [6.45, 7) is 8.06. The van der Waals surface area contributed by atoms with Crippen LogP contribution >= 0.6 is 0 Å². The van der Waals surface area contributed by atoms with Crippen molar-refractivity contribution >= 4 is 0 Å². The standard InChI is InChI=1S/C9H20O2/c1-6(2)8(5-10)9(11)7(3)4/h6-11H,5H2,1-4H3. The maximum Gasteiger partial charge on any atom is 0.0615 e. The van der Waals surface area contributed by atoms with Crippen LogP contribution < -0.4 is 0 Å². The predicted octanol–water partition coefficient (Wildman–Crippen LogP) is 1.27. The summed E-state index contributed by atoms with van der Waals surface area (Å²) in [6, 6.07) is 0. The highest BCUT2D eigenvalue weighted by atomic mass is 16.3. The summed E-state index contributed by atoms with van der Waals surface area (Å²) in [4.78, 5) is 0. The van der Waals surface area contributed by atoms with Crippen molar-refractivity contribution in [2.75, 3.05) is 6.61 Å². The van der Waals surface area contributed by atoms with Crippen LogP contribution in [-0.2, 0) is 0 Å². The van der Waals surface area contributed by atoms with Gasteiger partial charge >= 0.3 is 0 Å². The molecule has 2 heteroatoms. The van der Waals surface area contributed by atoms with Crippen molar-refractivity contribution in [3.63, 3.8) is 0 Å². The van der Waals surface area contributed by atoms with Gasteiger partial charge in [0.2, 0.25) is 0 Å². The lowest BCUT2D eigenvalue weighted by Crippen LogP contribution is -2.32. The van der Waals surface area contributed by atoms with Crippen molar-refractivity contribution in [3.8, 4) is 0 Å². The lowest BCUT2D eigenvalue weighted by molar-refractivity contribution is 0.0116. The lowest BCUT2D eigenvalue weighted by Gasteiger charge is -2.26. The first-order valence-electron chi connectivity index (χ1n) is 4.29. The van der Waals surface area contributed by atoms with E-state index in [4.69, 9.17) is 5.11 Å². The summed E-state index contributed by atoms with van der Waals surface area (Å²) in [5.74, 6) is 0.599. The third-order valence-corrected chi connectivity index (χ3v) is 2.19. The molecule has 0 rings (SSSR count). The van der Waals surface area contributed by atoms with Gasteiger partial charge in [-0.15, -0.1) is 0 Å². The van der Waals surface area contributed by atoms with Gasteiger partial charge in [0, 0.05) is 12.5 Å². The second-order valence-corrected chi connectivity index (χ2v) is 3.83. The fourth-order valence-corrected chi connectivity index (χ4v) is 1.21. The maximum atomic E-state index is 9.60. The van der Waals surface area contributed by atoms with Gasteiger partial charge in [-0.2, -0.15) is 0 Å². The van der Waals surface area contributed by atoms with Gasteiger partial charge < -0.3 is 10.2 Å². The molecule has 0 aliphatic heterocycles. The fraction of sp³-hybridized carbons (Fsp3) is 1.00. The highest BCUT2D eigenvalue weighted by Gasteiger charge is 2.23. The summed E-state index contributed by atoms with van der Waals surface area (Å²) in [7, 11) is 0. The quantitative estimate of drug-likeness (QED) is 0.650. The summed E-state index contributed by atoms with van der Waals surface area (Å²) in [6.07, 6.45) is -0.375. The van der Waals surface area contributed by atoms with Gasteiger partial charge in [0.25, 0.3) is 0 Å². The Hall–Kier alpha value is -0.0800. The van der Waals surface area contributed by atoms with Crippen molar-refractivity contribution in [2.24, 2.45) is 17.8 Å². The van der Waals surface area contributed by atoms with E-state index in [-0.39, 0.29) is 24.5 Å². The minimum Gasteiger partial charge on any atom is -0.396 e. The van der Waals surface area contributed by atoms with E-state index in [1.807, 2.05) is 27.7 Å². The molecule has 2 N–H and O–H groups in total. The van der Waals surface area contributed by atoms with E-state index in [2.05, 4.69) is 0 Å². The Morgan fingerprint density at radius 1 is 1.00 bits per heavy atom. The molecule has 0 saturated heterocycles. The highest BCUT2D eigenvalue weighted by molar-refractivity contribution is 4.73. The van der Waals surface area contributed by atoms with Gasteiger partial charge in [0.1, 0.15) is 0 Å². The Bertz CT molecular complexity index is 99.7. The molecule has 68 valence electrons. The van der Waals surface area contributed by atoms with E-state index in [9.17, 15) is 5.11 Å². The monoisotopic (exact) mass is 160 g/mol. The second kappa shape index (κ2) is 4.73. The molecule has 2 atom stereocenters. The lowest BCUT2D eigenvalue weighted by atomic mass is 9.85. The first-order chi connectivity index (χ1) is 5.00. The molecule has 0 aromatic carbocycles. The van der Waals surface area contributed by atoms with Crippen LogP contribution in [0.4, 0.5) is 0 Å². The number of hydrogen-bond donors (Lipinski definition) is 2. The number of rotatable bonds is 4. The van der Waals surface area contributed by atoms with Gasteiger partial charge in [0.15, 0.2) is 0 Å². The molecule has 2 unspecified atom stereocenters. The SMILES string of the molecule is CC(C)C(O)C(CO)C(C)C. The Morgan fingerprint density at radius 3 is 1.55 bits per heavy atom. The minimum absolute atomic E-state index is 0.0231. The third kappa shape index (κ3) is 3.21. The van der Waals surface area contributed by atoms with Crippen LogP contribution in [0, 0.1) is 17.8 Å². The summed E-state index contributed by atoms with van der Waals surface area (Å²) in [5.41, 5.74) is 0. The molecule has 11 heavy (non-hydrogen) atoms. The second-order valence-electron chi connectivity index (χ2n) is 3.83. The first-order valence-corrected chi connectivity index (χ1v) is 4.29. The maximum absolute atomic E-state index is 9.60. The highest BCUT2D eigenvalue weighted by Crippen LogP contribution is 2.19. The molecular weight excluding hydrogens is 140 g/mol. The molecule has 0 radical (unpaired) electrons. The average molecular weight is 160 g/mol. The van der Waals surface area contributed by atoms with E-state index in [1.54, 1.807) is 0 Å². The van der Waals surface area contributed by atoms with Crippen molar-refractivity contribution in [1.82, 2.24) is 0 Å². The summed E-state index contributed by atoms with van der Waals surface area (Å²) >= 11 is 0. The molecule has 0 spiro atoms. The zero-order valence-electron chi connectivity index (χ0n) is 7.91. The van der Waals surface area contributed by atoms with Crippen LogP contribution in [0.25, 0.3) is 0 Å². The van der Waals surface area contributed by atoms with Crippen LogP contribution in [0.3, 0.4) is 0 Å². The van der Waals surface area contributed by atoms with Crippen molar-refractivity contribution in [2.45, 2.75) is 33.8 Å². The summed E-state index contributed by atoms with van der Waals surface area (Å²) < 4.78 is 0. The molecule has 0 saturated carbocycles. The average Bonchev–Trinajstić information content (AvgIpc) is 1.88. The van der Waals surface area contributed by atoms with Gasteiger partial charge in [-0.1, -0.05) is 27.7 Å². The summed E-state index contributed by atoms with van der Waals surface area (Å²) in [5, 5.41) is 18.6. The number of aliphatic hydroxyl groups is 2. The minimum atomic E-state index is -0.375. The molecule has 2 nitrogen and oxygen atoms in total. The van der Waals surface area contributed by atoms with Gasteiger partial charge in [0.05, 0.1) is 6.10 Å². The van der Waals surface area contributed by atoms with Gasteiger partial charge in [-0.3, -0.25) is 0 Å². The molecule has 0 aromatic heterocycles. The van der Waals surface area contributed by atoms with Crippen LogP contribution in [0.5, 0.6) is 0 Å². The molecule has 0 bridgehead atoms. The van der Waals surface area contributed by atoms with E-state index in [0.717, 1.165) is 0 Å². The molecule has 0 amide bonds. The van der Waals surface area contributed by atoms with Crippen molar-refractivity contribution in [1.29, 1.82) is 0 Å². The van der Waals surface area contributed by atoms with E-state index >= 15 is 0 Å². The Morgan fingerprint density at radius 2 is 1.45 bits per heavy atom. The largest absolute Gasteiger partial charge is 0.396 e. The van der Waals surface area contributed by atoms with Gasteiger partial charge in [-0.25, -0.2) is 0 Å². The Balaban J connectivity index is 4.02. The van der Waals surface area contributed by atoms with Crippen LogP contribution in [0.1, 0.15) is 27.7 Å². The Kier molecular flexibility index (Phi) is 4.69. The van der Waals surface area contributed by atoms with Crippen LogP contribution in [-0.4, -0.2) is 22.9 Å². The van der Waals surface area contributed by atoms with Crippen LogP contribution in [0.15, 0.2) is 0 Å². The van der Waals surface area contributed by atoms with Crippen molar-refractivity contribution < 1.29 is 10.2 Å². The molecule has 0 fully saturated rings. The van der Waals surface area contributed by atoms with Crippen molar-refractivity contribution in [3.05, 3.63) is 0 Å². The molecule has 0 aromatic rings. The van der Waals surface area contributed by atoms with Crippen LogP contribution in [0.2, 0.25) is 0 Å². The van der Waals surface area contributed by atoms with E-state index in [1.165, 1.54) is 0 Å². The van der Waals surface area contributed by atoms with Gasteiger partial charge in [-0.05, 0) is 11.8 Å². The van der Waals surface area contributed by atoms with E-state index < -0.39 is 0 Å². The van der Waals surface area contributed by atoms with E-state index in [0.29, 0.717) is 5.92 Å². The number of aliphatic hydroxyl groups excluding tert-OH is 2. The zero-order chi connectivity index (χ0) is 9.02. The smallest absolute Gasteiger partial charge is 0.0615 e. The third-order valence-electron chi connectivity index (χ3n) is 2.19. The molecular formula is C9H20O2. The normalized spacial score (nSPS) is 17.5. The topological polar surface area (TPSA) is 40.5 Å². The molecule has 0 aliphatic rings. The molecule has 0 aliphatic carbocycles. The Labute approximate surface area is 69.2 Å². The zero-order valence-corrected chi connectivity index (χ0v) is 7.91. The predicted molar refractivity (Wildman–Crippen MR) is 46.3 cm³/mol. The fourth-order valence-electron chi connectivity index (χ4n) is 1.21. The number of hydrogen-bond acceptors (Lipinski definition) is 2. The first kappa shape index (κ1) is 10.9. The molecule has 0 heterocycles.